The molecule has 10 heteroatoms. The molecule has 0 aromatic carbocycles. The summed E-state index contributed by atoms with van der Waals surface area (Å²) in [5.41, 5.74) is 0. The van der Waals surface area contributed by atoms with E-state index in [1.807, 2.05) is 0 Å². The average Bonchev–Trinajstić information content (AvgIpc) is 2.27. The third-order valence-corrected chi connectivity index (χ3v) is 3.32. The lowest BCUT2D eigenvalue weighted by atomic mass is 9.98. The Morgan fingerprint density at radius 1 is 1.11 bits per heavy atom. The van der Waals surface area contributed by atoms with Gasteiger partial charge in [0.05, 0.1) is 12.4 Å². The maximum Gasteiger partial charge on any atom is 0.266 e. The van der Waals surface area contributed by atoms with Crippen molar-refractivity contribution in [1.29, 1.82) is 0 Å². The lowest BCUT2D eigenvalue weighted by Gasteiger charge is -2.40. The monoisotopic (exact) mass is 287 g/mol. The van der Waals surface area contributed by atoms with Crippen LogP contribution in [0.25, 0.3) is 0 Å². The van der Waals surface area contributed by atoms with Crippen LogP contribution in [0.15, 0.2) is 0 Å². The Bertz CT molecular complexity index is 358. The van der Waals surface area contributed by atoms with Crippen LogP contribution in [0.2, 0.25) is 0 Å². The highest BCUT2D eigenvalue weighted by Gasteiger charge is 2.43. The molecule has 108 valence electrons. The van der Waals surface area contributed by atoms with Gasteiger partial charge in [0, 0.05) is 6.54 Å². The second-order valence-corrected chi connectivity index (χ2v) is 5.56. The fraction of sp³-hybridized carbons (Fsp3) is 1.00. The molecule has 1 aliphatic heterocycles. The Morgan fingerprint density at radius 3 is 2.22 bits per heavy atom. The van der Waals surface area contributed by atoms with Crippen LogP contribution in [0.3, 0.4) is 0 Å². The molecule has 1 fully saturated rings. The maximum atomic E-state index is 10.5. The molecule has 9 nitrogen and oxygen atoms in total. The van der Waals surface area contributed by atoms with E-state index in [-0.39, 0.29) is 6.54 Å². The third-order valence-electron chi connectivity index (χ3n) is 2.60. The van der Waals surface area contributed by atoms with Gasteiger partial charge in [-0.1, -0.05) is 0 Å². The first-order chi connectivity index (χ1) is 8.26. The fourth-order valence-electron chi connectivity index (χ4n) is 1.60. The van der Waals surface area contributed by atoms with Crippen LogP contribution in [0.1, 0.15) is 0 Å². The molecule has 0 bridgehead atoms. The van der Waals surface area contributed by atoms with Crippen molar-refractivity contribution in [2.45, 2.75) is 30.6 Å². The highest BCUT2D eigenvalue weighted by Crippen LogP contribution is 2.19. The number of aliphatic hydroxyl groups excluding tert-OH is 4. The average molecular weight is 287 g/mol. The van der Waals surface area contributed by atoms with Gasteiger partial charge in [-0.25, -0.2) is 0 Å². The fourth-order valence-corrected chi connectivity index (χ4v) is 1.98. The summed E-state index contributed by atoms with van der Waals surface area (Å²) in [5.74, 6) is -0.595. The number of aliphatic hydroxyl groups is 4. The van der Waals surface area contributed by atoms with Crippen molar-refractivity contribution in [2.75, 3.05) is 18.9 Å². The summed E-state index contributed by atoms with van der Waals surface area (Å²) in [4.78, 5) is 0. The Balaban J connectivity index is 2.54. The predicted octanol–water partition coefficient (Wildman–Crippen LogP) is -3.74. The van der Waals surface area contributed by atoms with Gasteiger partial charge < -0.3 is 25.2 Å². The molecule has 18 heavy (non-hydrogen) atoms. The van der Waals surface area contributed by atoms with E-state index in [0.717, 1.165) is 0 Å². The van der Waals surface area contributed by atoms with E-state index in [2.05, 4.69) is 5.32 Å². The van der Waals surface area contributed by atoms with Crippen LogP contribution in [-0.2, 0) is 14.9 Å². The summed E-state index contributed by atoms with van der Waals surface area (Å²) >= 11 is 0. The minimum absolute atomic E-state index is 0.221. The Hall–Kier alpha value is -0.330. The van der Waals surface area contributed by atoms with E-state index in [0.29, 0.717) is 0 Å². The van der Waals surface area contributed by atoms with E-state index in [9.17, 15) is 23.7 Å². The minimum Gasteiger partial charge on any atom is -0.394 e. The number of hydrogen-bond acceptors (Lipinski definition) is 8. The van der Waals surface area contributed by atoms with Gasteiger partial charge in [0.1, 0.15) is 30.6 Å². The Kier molecular flexibility index (Phi) is 5.43. The third kappa shape index (κ3) is 4.10. The van der Waals surface area contributed by atoms with Gasteiger partial charge in [0.2, 0.25) is 0 Å². The molecule has 0 radical (unpaired) electrons. The number of ether oxygens (including phenoxy) is 1. The molecule has 0 aromatic rings. The minimum atomic E-state index is -4.15. The zero-order valence-corrected chi connectivity index (χ0v) is 10.2. The van der Waals surface area contributed by atoms with Crippen molar-refractivity contribution in [3.63, 3.8) is 0 Å². The van der Waals surface area contributed by atoms with Crippen molar-refractivity contribution in [3.05, 3.63) is 0 Å². The smallest absolute Gasteiger partial charge is 0.266 e. The molecule has 1 heterocycles. The van der Waals surface area contributed by atoms with Crippen molar-refractivity contribution in [3.8, 4) is 0 Å². The van der Waals surface area contributed by atoms with Crippen molar-refractivity contribution in [1.82, 2.24) is 5.32 Å². The Morgan fingerprint density at radius 2 is 1.72 bits per heavy atom. The molecule has 5 atom stereocenters. The number of rotatable bonds is 5. The first kappa shape index (κ1) is 15.7. The first-order valence-electron chi connectivity index (χ1n) is 5.25. The predicted molar refractivity (Wildman–Crippen MR) is 58.2 cm³/mol. The summed E-state index contributed by atoms with van der Waals surface area (Å²) in [6.07, 6.45) is -6.69. The summed E-state index contributed by atoms with van der Waals surface area (Å²) in [7, 11) is -4.15. The molecule has 1 saturated heterocycles. The molecular weight excluding hydrogens is 270 g/mol. The highest BCUT2D eigenvalue weighted by molar-refractivity contribution is 7.85. The second-order valence-electron chi connectivity index (χ2n) is 3.99. The van der Waals surface area contributed by atoms with Gasteiger partial charge in [0.15, 0.2) is 0 Å². The molecule has 6 N–H and O–H groups in total. The summed E-state index contributed by atoms with van der Waals surface area (Å²) in [6.45, 7) is -0.789. The quantitative estimate of drug-likeness (QED) is 0.280. The topological polar surface area (TPSA) is 157 Å². The van der Waals surface area contributed by atoms with E-state index >= 15 is 0 Å². The van der Waals surface area contributed by atoms with E-state index in [1.165, 1.54) is 0 Å². The maximum absolute atomic E-state index is 10.5. The van der Waals surface area contributed by atoms with Crippen LogP contribution < -0.4 is 5.32 Å². The molecule has 0 saturated carbocycles. The molecule has 0 amide bonds. The van der Waals surface area contributed by atoms with Gasteiger partial charge in [-0.3, -0.25) is 9.87 Å². The Labute approximate surface area is 104 Å². The van der Waals surface area contributed by atoms with Crippen molar-refractivity contribution >= 4 is 10.1 Å². The van der Waals surface area contributed by atoms with Crippen LogP contribution >= 0.6 is 0 Å². The zero-order valence-electron chi connectivity index (χ0n) is 9.38. The van der Waals surface area contributed by atoms with E-state index in [1.54, 1.807) is 0 Å². The molecule has 0 aliphatic carbocycles. The van der Waals surface area contributed by atoms with Gasteiger partial charge in [-0.15, -0.1) is 0 Å². The van der Waals surface area contributed by atoms with Gasteiger partial charge in [0.25, 0.3) is 10.1 Å². The molecule has 0 aromatic heterocycles. The number of hydrogen-bond donors (Lipinski definition) is 6. The summed E-state index contributed by atoms with van der Waals surface area (Å²) < 4.78 is 34.5. The van der Waals surface area contributed by atoms with Crippen molar-refractivity contribution in [2.24, 2.45) is 0 Å². The normalized spacial score (nSPS) is 37.7. The highest BCUT2D eigenvalue weighted by atomic mass is 32.2. The molecular formula is C8H17NO8S. The van der Waals surface area contributed by atoms with Crippen LogP contribution in [0.4, 0.5) is 0 Å². The van der Waals surface area contributed by atoms with Crippen LogP contribution in [0, 0.1) is 0 Å². The summed E-state index contributed by atoms with van der Waals surface area (Å²) in [5, 5.41) is 39.8. The lowest BCUT2D eigenvalue weighted by molar-refractivity contribution is -0.236. The van der Waals surface area contributed by atoms with Gasteiger partial charge in [-0.05, 0) is 0 Å². The molecule has 1 unspecified atom stereocenters. The van der Waals surface area contributed by atoms with Crippen molar-refractivity contribution < 1.29 is 38.1 Å². The van der Waals surface area contributed by atoms with Crippen LogP contribution in [-0.4, -0.2) is 82.9 Å². The van der Waals surface area contributed by atoms with Gasteiger partial charge >= 0.3 is 0 Å². The molecule has 1 rings (SSSR count). The molecule has 0 spiro atoms. The van der Waals surface area contributed by atoms with E-state index in [4.69, 9.17) is 14.4 Å². The lowest BCUT2D eigenvalue weighted by Crippen LogP contribution is -2.62. The summed E-state index contributed by atoms with van der Waals surface area (Å²) in [6, 6.07) is 0. The van der Waals surface area contributed by atoms with Gasteiger partial charge in [-0.2, -0.15) is 8.42 Å². The SMILES string of the molecule is O=S(=O)(O)CCNC1O[C@H](CO)[C@H](O)[C@H](O)[C@H]1O. The molecule has 1 aliphatic rings. The standard InChI is InChI=1S/C8H17NO8S/c10-3-4-5(11)6(12)7(13)8(17-4)9-1-2-18(14,15)16/h4-13H,1-3H2,(H,14,15,16)/t4-,5+,6+,7-,8?/m1/s1. The first-order valence-corrected chi connectivity index (χ1v) is 6.86. The largest absolute Gasteiger partial charge is 0.394 e. The van der Waals surface area contributed by atoms with E-state index < -0.39 is 53.1 Å². The van der Waals surface area contributed by atoms with Crippen LogP contribution in [0.5, 0.6) is 0 Å². The zero-order chi connectivity index (χ0) is 13.9. The second kappa shape index (κ2) is 6.21. The number of nitrogens with one attached hydrogen (secondary N) is 1.